The smallest absolute Gasteiger partial charge is 0.408 e. The molecular weight excluding hydrogens is 546 g/mol. The lowest BCUT2D eigenvalue weighted by Crippen LogP contribution is -2.50. The minimum Gasteiger partial charge on any atom is -0.489 e. The summed E-state index contributed by atoms with van der Waals surface area (Å²) in [5, 5.41) is 2.58. The molecule has 0 saturated carbocycles. The normalized spacial score (nSPS) is 13.6. The zero-order valence-corrected chi connectivity index (χ0v) is 25.7. The van der Waals surface area contributed by atoms with Crippen molar-refractivity contribution in [1.29, 1.82) is 0 Å². The van der Waals surface area contributed by atoms with Gasteiger partial charge in [-0.1, -0.05) is 42.5 Å². The number of carbonyl (C=O) groups excluding carboxylic acids is 3. The lowest BCUT2D eigenvalue weighted by molar-refractivity contribution is -0.156. The van der Waals surface area contributed by atoms with E-state index in [-0.39, 0.29) is 6.42 Å². The van der Waals surface area contributed by atoms with Gasteiger partial charge in [0.2, 0.25) is 5.91 Å². The minimum atomic E-state index is -1.16. The summed E-state index contributed by atoms with van der Waals surface area (Å²) < 4.78 is 16.8. The van der Waals surface area contributed by atoms with Crippen LogP contribution in [0.25, 0.3) is 11.1 Å². The van der Waals surface area contributed by atoms with Crippen molar-refractivity contribution in [2.45, 2.75) is 78.2 Å². The van der Waals surface area contributed by atoms with Gasteiger partial charge < -0.3 is 30.2 Å². The maximum Gasteiger partial charge on any atom is 0.408 e. The molecule has 228 valence electrons. The van der Waals surface area contributed by atoms with E-state index >= 15 is 0 Å². The third-order valence-corrected chi connectivity index (χ3v) is 6.60. The largest absolute Gasteiger partial charge is 0.489 e. The zero-order chi connectivity index (χ0) is 31.4. The Bertz CT molecular complexity index is 1440. The topological polar surface area (TPSA) is 120 Å². The Morgan fingerprint density at radius 2 is 1.60 bits per heavy atom. The molecule has 4 rings (SSSR count). The van der Waals surface area contributed by atoms with Crippen LogP contribution in [-0.4, -0.2) is 41.8 Å². The second-order valence-corrected chi connectivity index (χ2v) is 12.6. The number of benzene rings is 3. The third-order valence-electron chi connectivity index (χ3n) is 6.60. The number of esters is 1. The second-order valence-electron chi connectivity index (χ2n) is 12.6. The molecular formula is C34H41N3O6. The van der Waals surface area contributed by atoms with Crippen LogP contribution >= 0.6 is 0 Å². The Labute approximate surface area is 253 Å². The van der Waals surface area contributed by atoms with Gasteiger partial charge in [0, 0.05) is 23.5 Å². The summed E-state index contributed by atoms with van der Waals surface area (Å²) in [7, 11) is 0. The van der Waals surface area contributed by atoms with E-state index in [9.17, 15) is 14.4 Å². The summed E-state index contributed by atoms with van der Waals surface area (Å²) in [5.41, 5.74) is 10.1. The molecule has 3 aromatic carbocycles. The third kappa shape index (κ3) is 8.73. The number of amides is 2. The van der Waals surface area contributed by atoms with Gasteiger partial charge in [0.1, 0.15) is 29.6 Å². The number of carbonyl (C=O) groups is 3. The average molecular weight is 588 g/mol. The molecule has 1 aliphatic heterocycles. The Balaban J connectivity index is 1.45. The van der Waals surface area contributed by atoms with Crippen LogP contribution in [0.1, 0.15) is 59.1 Å². The maximum absolute atomic E-state index is 13.7. The van der Waals surface area contributed by atoms with Crippen molar-refractivity contribution in [3.05, 3.63) is 77.9 Å². The number of rotatable bonds is 8. The van der Waals surface area contributed by atoms with Gasteiger partial charge >= 0.3 is 12.1 Å². The van der Waals surface area contributed by atoms with Crippen molar-refractivity contribution < 1.29 is 28.6 Å². The second kappa shape index (κ2) is 12.8. The van der Waals surface area contributed by atoms with Crippen LogP contribution in [0.4, 0.5) is 16.2 Å². The molecule has 0 unspecified atom stereocenters. The van der Waals surface area contributed by atoms with Gasteiger partial charge in [-0.15, -0.1) is 0 Å². The summed E-state index contributed by atoms with van der Waals surface area (Å²) in [6, 6.07) is 20.3. The number of anilines is 2. The molecule has 3 aromatic rings. The summed E-state index contributed by atoms with van der Waals surface area (Å²) in [6.07, 6.45) is -0.507. The first-order chi connectivity index (χ1) is 20.2. The molecule has 3 N–H and O–H groups in total. The van der Waals surface area contributed by atoms with Crippen molar-refractivity contribution in [2.75, 3.05) is 17.2 Å². The molecule has 1 atom stereocenters. The number of hydrogen-bond acceptors (Lipinski definition) is 7. The molecule has 9 nitrogen and oxygen atoms in total. The summed E-state index contributed by atoms with van der Waals surface area (Å²) in [6.45, 7) is 11.1. The Hall–Kier alpha value is -4.53. The van der Waals surface area contributed by atoms with Crippen molar-refractivity contribution >= 4 is 29.3 Å². The molecule has 0 saturated heterocycles. The highest BCUT2D eigenvalue weighted by molar-refractivity contribution is 6.02. The van der Waals surface area contributed by atoms with E-state index in [0.717, 1.165) is 22.3 Å². The Kier molecular flexibility index (Phi) is 9.33. The van der Waals surface area contributed by atoms with Crippen molar-refractivity contribution in [2.24, 2.45) is 0 Å². The Morgan fingerprint density at radius 3 is 2.26 bits per heavy atom. The molecule has 0 fully saturated rings. The van der Waals surface area contributed by atoms with Crippen molar-refractivity contribution in [3.63, 3.8) is 0 Å². The van der Waals surface area contributed by atoms with Crippen LogP contribution in [0.2, 0.25) is 0 Å². The zero-order valence-electron chi connectivity index (χ0n) is 25.7. The van der Waals surface area contributed by atoms with Crippen LogP contribution in [0.15, 0.2) is 66.7 Å². The maximum atomic E-state index is 13.7. The monoisotopic (exact) mass is 587 g/mol. The number of fused-ring (bicyclic) bond motifs is 1. The molecule has 1 heterocycles. The molecule has 0 bridgehead atoms. The van der Waals surface area contributed by atoms with Crippen LogP contribution in [0.3, 0.4) is 0 Å². The number of nitrogens with two attached hydrogens (primary N) is 1. The van der Waals surface area contributed by atoms with Gasteiger partial charge in [0.05, 0.1) is 6.42 Å². The van der Waals surface area contributed by atoms with E-state index in [1.54, 1.807) is 52.5 Å². The molecule has 43 heavy (non-hydrogen) atoms. The van der Waals surface area contributed by atoms with Gasteiger partial charge in [-0.2, -0.15) is 0 Å². The van der Waals surface area contributed by atoms with E-state index in [0.29, 0.717) is 36.7 Å². The van der Waals surface area contributed by atoms with E-state index in [2.05, 4.69) is 5.32 Å². The summed E-state index contributed by atoms with van der Waals surface area (Å²) in [4.78, 5) is 40.5. The van der Waals surface area contributed by atoms with E-state index in [1.807, 2.05) is 60.7 Å². The highest BCUT2D eigenvalue weighted by Gasteiger charge is 2.35. The first kappa shape index (κ1) is 31.4. The predicted octanol–water partition coefficient (Wildman–Crippen LogP) is 6.03. The quantitative estimate of drug-likeness (QED) is 0.244. The molecule has 0 radical (unpaired) electrons. The number of nitrogens with zero attached hydrogens (tertiary/aromatic N) is 1. The molecule has 0 spiro atoms. The first-order valence-corrected chi connectivity index (χ1v) is 14.4. The molecule has 2 amide bonds. The average Bonchev–Trinajstić information content (AvgIpc) is 3.33. The number of alkyl carbamates (subject to hydrolysis) is 1. The number of nitrogen functional groups attached to an aromatic ring is 1. The molecule has 0 aromatic heterocycles. The number of ether oxygens (including phenoxy) is 3. The predicted molar refractivity (Wildman–Crippen MR) is 167 cm³/mol. The van der Waals surface area contributed by atoms with Crippen molar-refractivity contribution in [1.82, 2.24) is 5.32 Å². The van der Waals surface area contributed by atoms with Crippen LogP contribution < -0.4 is 20.7 Å². The standard InChI is InChI=1S/C34H41N3O6/c1-33(2,3)42-30(38)20-28(36-32(40)43-34(4,5)6)31(39)37-17-16-24-19-25(13-15-29(24)37)41-21-22-12-14-26(27(35)18-22)23-10-8-7-9-11-23/h7-15,18-19,28H,16-17,20-21,35H2,1-6H3,(H,36,40)/t28-/m1/s1. The van der Waals surface area contributed by atoms with E-state index in [1.165, 1.54) is 0 Å². The lowest BCUT2D eigenvalue weighted by Gasteiger charge is -2.27. The van der Waals surface area contributed by atoms with Crippen LogP contribution in [0.5, 0.6) is 5.75 Å². The fraction of sp³-hybridized carbons (Fsp3) is 0.382. The summed E-state index contributed by atoms with van der Waals surface area (Å²) in [5.74, 6) is -0.350. The van der Waals surface area contributed by atoms with Gasteiger partial charge in [0.25, 0.3) is 0 Å². The Morgan fingerprint density at radius 1 is 0.907 bits per heavy atom. The van der Waals surface area contributed by atoms with E-state index < -0.39 is 35.2 Å². The van der Waals surface area contributed by atoms with E-state index in [4.69, 9.17) is 19.9 Å². The first-order valence-electron chi connectivity index (χ1n) is 14.4. The minimum absolute atomic E-state index is 0.325. The molecule has 9 heteroatoms. The number of nitrogens with one attached hydrogen (secondary N) is 1. The van der Waals surface area contributed by atoms with Crippen molar-refractivity contribution in [3.8, 4) is 16.9 Å². The van der Waals surface area contributed by atoms with Gasteiger partial charge in [-0.25, -0.2) is 4.79 Å². The highest BCUT2D eigenvalue weighted by Crippen LogP contribution is 2.33. The molecule has 1 aliphatic rings. The van der Waals surface area contributed by atoms with Gasteiger partial charge in [0.15, 0.2) is 0 Å². The number of hydrogen-bond donors (Lipinski definition) is 2. The van der Waals surface area contributed by atoms with Crippen LogP contribution in [-0.2, 0) is 32.1 Å². The fourth-order valence-electron chi connectivity index (χ4n) is 4.83. The molecule has 0 aliphatic carbocycles. The van der Waals surface area contributed by atoms with Crippen LogP contribution in [0, 0.1) is 0 Å². The highest BCUT2D eigenvalue weighted by atomic mass is 16.6. The van der Waals surface area contributed by atoms with Gasteiger partial charge in [-0.3, -0.25) is 9.59 Å². The SMILES string of the molecule is CC(C)(C)OC(=O)C[C@@H](NC(=O)OC(C)(C)C)C(=O)N1CCc2cc(OCc3ccc(-c4ccccc4)c(N)c3)ccc21. The fourth-order valence-corrected chi connectivity index (χ4v) is 4.83. The summed E-state index contributed by atoms with van der Waals surface area (Å²) >= 11 is 0. The lowest BCUT2D eigenvalue weighted by atomic mass is 10.0. The van der Waals surface area contributed by atoms with Gasteiger partial charge in [-0.05, 0) is 88.9 Å².